The molecule has 0 aliphatic rings. The molecule has 0 atom stereocenters. The van der Waals surface area contributed by atoms with Crippen molar-refractivity contribution in [2.75, 3.05) is 14.8 Å². The van der Waals surface area contributed by atoms with E-state index in [0.717, 1.165) is 16.3 Å². The van der Waals surface area contributed by atoms with Gasteiger partial charge in [0.2, 0.25) is 0 Å². The molecule has 5 aromatic carbocycles. The summed E-state index contributed by atoms with van der Waals surface area (Å²) in [4.78, 5) is 13.1. The van der Waals surface area contributed by atoms with Gasteiger partial charge in [-0.2, -0.15) is 0 Å². The van der Waals surface area contributed by atoms with Gasteiger partial charge in [-0.3, -0.25) is 14.2 Å². The maximum Gasteiger partial charge on any atom is 0.261 e. The van der Waals surface area contributed by atoms with Crippen LogP contribution >= 0.6 is 0 Å². The first-order valence-electron chi connectivity index (χ1n) is 12.6. The smallest absolute Gasteiger partial charge is 0.261 e. The summed E-state index contributed by atoms with van der Waals surface area (Å²) in [6, 6.07) is 29.8. The van der Waals surface area contributed by atoms with Gasteiger partial charge in [0.15, 0.2) is 0 Å². The molecule has 1 amide bonds. The van der Waals surface area contributed by atoms with Crippen molar-refractivity contribution in [2.45, 2.75) is 23.6 Å². The van der Waals surface area contributed by atoms with Gasteiger partial charge in [-0.1, -0.05) is 60.2 Å². The van der Waals surface area contributed by atoms with Crippen LogP contribution in [0.25, 0.3) is 10.8 Å². The van der Waals surface area contributed by atoms with Gasteiger partial charge < -0.3 is 5.32 Å². The number of carbonyl (C=O) groups excluding carboxylic acids is 1. The highest BCUT2D eigenvalue weighted by atomic mass is 32.2. The van der Waals surface area contributed by atoms with E-state index < -0.39 is 26.0 Å². The van der Waals surface area contributed by atoms with Crippen molar-refractivity contribution in [3.8, 4) is 0 Å². The van der Waals surface area contributed by atoms with Crippen LogP contribution in [0.5, 0.6) is 0 Å². The number of sulfonamides is 2. The molecule has 0 fully saturated rings. The molecule has 0 spiro atoms. The summed E-state index contributed by atoms with van der Waals surface area (Å²) in [5.41, 5.74) is 2.93. The number of nitrogens with one attached hydrogen (secondary N) is 3. The third-order valence-electron chi connectivity index (χ3n) is 6.53. The normalized spacial score (nSPS) is 11.7. The summed E-state index contributed by atoms with van der Waals surface area (Å²) in [7, 11) is -7.74. The lowest BCUT2D eigenvalue weighted by molar-refractivity contribution is 0.102. The van der Waals surface area contributed by atoms with Crippen molar-refractivity contribution >= 4 is 53.8 Å². The molecular weight excluding hydrogens is 558 g/mol. The summed E-state index contributed by atoms with van der Waals surface area (Å²) in [6.07, 6.45) is 0. The van der Waals surface area contributed by atoms with Crippen LogP contribution in [0.15, 0.2) is 119 Å². The molecule has 208 valence electrons. The van der Waals surface area contributed by atoms with Gasteiger partial charge >= 0.3 is 0 Å². The highest BCUT2D eigenvalue weighted by Crippen LogP contribution is 2.27. The Morgan fingerprint density at radius 1 is 0.610 bits per heavy atom. The number of benzene rings is 5. The zero-order chi connectivity index (χ0) is 29.2. The molecule has 0 heterocycles. The zero-order valence-corrected chi connectivity index (χ0v) is 23.9. The number of rotatable bonds is 8. The van der Waals surface area contributed by atoms with Crippen LogP contribution in [0.4, 0.5) is 17.1 Å². The molecule has 0 radical (unpaired) electrons. The third kappa shape index (κ3) is 6.24. The first-order chi connectivity index (χ1) is 19.5. The van der Waals surface area contributed by atoms with E-state index in [9.17, 15) is 21.6 Å². The van der Waals surface area contributed by atoms with Crippen LogP contribution < -0.4 is 14.8 Å². The van der Waals surface area contributed by atoms with Crippen LogP contribution in [-0.4, -0.2) is 22.7 Å². The Morgan fingerprint density at radius 2 is 1.20 bits per heavy atom. The molecule has 0 aromatic heterocycles. The maximum atomic E-state index is 13.0. The van der Waals surface area contributed by atoms with E-state index in [0.29, 0.717) is 16.9 Å². The predicted octanol–water partition coefficient (Wildman–Crippen LogP) is 6.31. The SMILES string of the molecule is Cc1ccc(S(=O)(=O)Nc2cc(C(=O)Nc3ccc(S(=O)(=O)Nc4cccc5ccccc45)cc3)ccc2C)cc1. The van der Waals surface area contributed by atoms with Crippen molar-refractivity contribution in [2.24, 2.45) is 0 Å². The summed E-state index contributed by atoms with van der Waals surface area (Å²) in [5, 5.41) is 4.42. The van der Waals surface area contributed by atoms with E-state index >= 15 is 0 Å². The first kappa shape index (κ1) is 27.9. The molecule has 5 aromatic rings. The second-order valence-corrected chi connectivity index (χ2v) is 12.9. The Morgan fingerprint density at radius 3 is 1.88 bits per heavy atom. The molecule has 3 N–H and O–H groups in total. The summed E-state index contributed by atoms with van der Waals surface area (Å²) in [6.45, 7) is 3.60. The van der Waals surface area contributed by atoms with E-state index in [1.165, 1.54) is 42.5 Å². The van der Waals surface area contributed by atoms with Crippen LogP contribution in [0, 0.1) is 13.8 Å². The zero-order valence-electron chi connectivity index (χ0n) is 22.3. The fourth-order valence-corrected chi connectivity index (χ4v) is 6.43. The lowest BCUT2D eigenvalue weighted by atomic mass is 10.1. The Hall–Kier alpha value is -4.67. The number of hydrogen-bond donors (Lipinski definition) is 3. The lowest BCUT2D eigenvalue weighted by Crippen LogP contribution is -2.16. The first-order valence-corrected chi connectivity index (χ1v) is 15.6. The summed E-state index contributed by atoms with van der Waals surface area (Å²) in [5.74, 6) is -0.481. The van der Waals surface area contributed by atoms with Crippen molar-refractivity contribution in [3.05, 3.63) is 126 Å². The third-order valence-corrected chi connectivity index (χ3v) is 9.29. The Balaban J connectivity index is 1.30. The molecular formula is C31H27N3O5S2. The average Bonchev–Trinajstić information content (AvgIpc) is 2.95. The molecule has 8 nitrogen and oxygen atoms in total. The Kier molecular flexibility index (Phi) is 7.53. The largest absolute Gasteiger partial charge is 0.322 e. The van der Waals surface area contributed by atoms with Gasteiger partial charge in [-0.15, -0.1) is 0 Å². The Labute approximate surface area is 239 Å². The monoisotopic (exact) mass is 585 g/mol. The number of anilines is 3. The van der Waals surface area contributed by atoms with E-state index in [4.69, 9.17) is 0 Å². The number of amides is 1. The minimum Gasteiger partial charge on any atom is -0.322 e. The van der Waals surface area contributed by atoms with Gasteiger partial charge in [0.1, 0.15) is 0 Å². The maximum absolute atomic E-state index is 13.0. The van der Waals surface area contributed by atoms with Crippen LogP contribution in [0.1, 0.15) is 21.5 Å². The molecule has 0 bridgehead atoms. The fraction of sp³-hybridized carbons (Fsp3) is 0.0645. The van der Waals surface area contributed by atoms with Gasteiger partial charge in [0.25, 0.3) is 26.0 Å². The van der Waals surface area contributed by atoms with E-state index in [1.54, 1.807) is 43.3 Å². The van der Waals surface area contributed by atoms with Crippen molar-refractivity contribution in [3.63, 3.8) is 0 Å². The van der Waals surface area contributed by atoms with Gasteiger partial charge in [-0.25, -0.2) is 16.8 Å². The second-order valence-electron chi connectivity index (χ2n) is 9.56. The van der Waals surface area contributed by atoms with Crippen LogP contribution in [0.3, 0.4) is 0 Å². The van der Waals surface area contributed by atoms with E-state index in [1.807, 2.05) is 37.3 Å². The van der Waals surface area contributed by atoms with Crippen molar-refractivity contribution < 1.29 is 21.6 Å². The lowest BCUT2D eigenvalue weighted by Gasteiger charge is -2.13. The quantitative estimate of drug-likeness (QED) is 0.197. The van der Waals surface area contributed by atoms with Crippen LogP contribution in [-0.2, 0) is 20.0 Å². The molecule has 0 unspecified atom stereocenters. The van der Waals surface area contributed by atoms with E-state index in [-0.39, 0.29) is 21.0 Å². The molecule has 0 saturated heterocycles. The molecule has 0 saturated carbocycles. The molecule has 5 rings (SSSR count). The average molecular weight is 586 g/mol. The van der Waals surface area contributed by atoms with Gasteiger partial charge in [0, 0.05) is 16.6 Å². The van der Waals surface area contributed by atoms with Crippen LogP contribution in [0.2, 0.25) is 0 Å². The molecule has 10 heteroatoms. The highest BCUT2D eigenvalue weighted by molar-refractivity contribution is 7.93. The van der Waals surface area contributed by atoms with Crippen molar-refractivity contribution in [1.29, 1.82) is 0 Å². The highest BCUT2D eigenvalue weighted by Gasteiger charge is 2.18. The number of carbonyl (C=O) groups is 1. The standard InChI is InChI=1S/C31H27N3O5S2/c1-21-10-16-26(17-11-21)41(38,39)34-30-20-24(13-12-22(30)2)31(35)32-25-14-18-27(19-15-25)40(36,37)33-29-9-5-7-23-6-3-4-8-28(23)29/h3-20,33-34H,1-2H3,(H,32,35). The summed E-state index contributed by atoms with van der Waals surface area (Å²) < 4.78 is 57.0. The summed E-state index contributed by atoms with van der Waals surface area (Å²) >= 11 is 0. The number of aryl methyl sites for hydroxylation is 2. The fourth-order valence-electron chi connectivity index (χ4n) is 4.23. The van der Waals surface area contributed by atoms with E-state index in [2.05, 4.69) is 14.8 Å². The minimum absolute atomic E-state index is 0.0339. The second kappa shape index (κ2) is 11.1. The predicted molar refractivity (Wildman–Crippen MR) is 162 cm³/mol. The molecule has 0 aliphatic heterocycles. The molecule has 41 heavy (non-hydrogen) atoms. The van der Waals surface area contributed by atoms with Gasteiger partial charge in [-0.05, 0) is 79.4 Å². The van der Waals surface area contributed by atoms with Crippen molar-refractivity contribution in [1.82, 2.24) is 0 Å². The molecule has 0 aliphatic carbocycles. The Bertz CT molecular complexity index is 1970. The minimum atomic E-state index is -3.88. The topological polar surface area (TPSA) is 121 Å². The van der Waals surface area contributed by atoms with Gasteiger partial charge in [0.05, 0.1) is 21.2 Å². The number of fused-ring (bicyclic) bond motifs is 1. The number of hydrogen-bond acceptors (Lipinski definition) is 5.